The largest absolute Gasteiger partial charge is 0.460 e. The minimum atomic E-state index is -0.435. The molecule has 1 N–H and O–H groups in total. The average molecular weight is 353 g/mol. The zero-order valence-electron chi connectivity index (χ0n) is 12.1. The van der Waals surface area contributed by atoms with Gasteiger partial charge in [0.25, 0.3) is 0 Å². The second-order valence-electron chi connectivity index (χ2n) is 4.86. The molecule has 6 heteroatoms. The lowest BCUT2D eigenvalue weighted by molar-refractivity contribution is 0.493. The van der Waals surface area contributed by atoms with Crippen LogP contribution in [0.2, 0.25) is 5.02 Å². The smallest absolute Gasteiger partial charge is 0.141 e. The summed E-state index contributed by atoms with van der Waals surface area (Å²) in [5, 5.41) is 3.37. The summed E-state index contributed by atoms with van der Waals surface area (Å²) in [6.45, 7) is 1.32. The number of halogens is 3. The molecule has 23 heavy (non-hydrogen) atoms. The van der Waals surface area contributed by atoms with Crippen molar-refractivity contribution in [3.05, 3.63) is 77.0 Å². The number of pyridine rings is 1. The van der Waals surface area contributed by atoms with Crippen molar-refractivity contribution in [1.82, 2.24) is 10.3 Å². The van der Waals surface area contributed by atoms with E-state index in [0.29, 0.717) is 18.8 Å². The fraction of sp³-hybridized carbons (Fsp3) is 0.118. The standard InChI is InChI=1S/C17H14ClFN2O.ClH/c18-15-8-13(3-5-16(15)19)17-6-4-14(22-17)11-21-10-12-2-1-7-20-9-12;/h1-9,21H,10-11H2;1H. The summed E-state index contributed by atoms with van der Waals surface area (Å²) in [6.07, 6.45) is 3.57. The molecule has 0 bridgehead atoms. The molecule has 0 unspecified atom stereocenters. The molecule has 0 aliphatic carbocycles. The lowest BCUT2D eigenvalue weighted by atomic mass is 10.2. The van der Waals surface area contributed by atoms with E-state index in [1.165, 1.54) is 6.07 Å². The average Bonchev–Trinajstić information content (AvgIpc) is 3.00. The van der Waals surface area contributed by atoms with Gasteiger partial charge in [0.1, 0.15) is 17.3 Å². The highest BCUT2D eigenvalue weighted by Gasteiger charge is 2.07. The summed E-state index contributed by atoms with van der Waals surface area (Å²) < 4.78 is 18.9. The van der Waals surface area contributed by atoms with Crippen LogP contribution in [-0.4, -0.2) is 4.98 Å². The molecule has 0 fully saturated rings. The highest BCUT2D eigenvalue weighted by atomic mass is 35.5. The Morgan fingerprint density at radius 1 is 1.13 bits per heavy atom. The molecule has 3 aromatic rings. The van der Waals surface area contributed by atoms with Crippen molar-refractivity contribution < 1.29 is 8.81 Å². The molecule has 0 spiro atoms. The number of rotatable bonds is 5. The van der Waals surface area contributed by atoms with Crippen LogP contribution in [-0.2, 0) is 13.1 Å². The highest BCUT2D eigenvalue weighted by molar-refractivity contribution is 6.31. The summed E-state index contributed by atoms with van der Waals surface area (Å²) in [4.78, 5) is 4.06. The van der Waals surface area contributed by atoms with Crippen LogP contribution in [0.3, 0.4) is 0 Å². The van der Waals surface area contributed by atoms with Gasteiger partial charge in [-0.05, 0) is 42.0 Å². The molecule has 0 atom stereocenters. The number of benzene rings is 1. The van der Waals surface area contributed by atoms with Crippen LogP contribution in [0, 0.1) is 5.82 Å². The van der Waals surface area contributed by atoms with Crippen molar-refractivity contribution in [3.8, 4) is 11.3 Å². The highest BCUT2D eigenvalue weighted by Crippen LogP contribution is 2.26. The number of hydrogen-bond donors (Lipinski definition) is 1. The van der Waals surface area contributed by atoms with E-state index in [1.54, 1.807) is 18.3 Å². The molecule has 2 aromatic heterocycles. The van der Waals surface area contributed by atoms with Gasteiger partial charge >= 0.3 is 0 Å². The quantitative estimate of drug-likeness (QED) is 0.713. The fourth-order valence-corrected chi connectivity index (χ4v) is 2.29. The van der Waals surface area contributed by atoms with Crippen LogP contribution in [0.25, 0.3) is 11.3 Å². The predicted octanol–water partition coefficient (Wildman–Crippen LogP) is 4.85. The maximum atomic E-state index is 13.2. The summed E-state index contributed by atoms with van der Waals surface area (Å²) in [6, 6.07) is 12.2. The van der Waals surface area contributed by atoms with E-state index in [0.717, 1.165) is 16.9 Å². The molecule has 0 aliphatic rings. The van der Waals surface area contributed by atoms with Gasteiger partial charge in [-0.2, -0.15) is 0 Å². The van der Waals surface area contributed by atoms with E-state index in [4.69, 9.17) is 16.0 Å². The first-order valence-electron chi connectivity index (χ1n) is 6.86. The lowest BCUT2D eigenvalue weighted by Crippen LogP contribution is -2.12. The summed E-state index contributed by atoms with van der Waals surface area (Å²) in [5.74, 6) is 1.04. The Balaban J connectivity index is 0.00000192. The molecular weight excluding hydrogens is 338 g/mol. The molecule has 3 nitrogen and oxygen atoms in total. The van der Waals surface area contributed by atoms with Crippen molar-refractivity contribution in [2.24, 2.45) is 0 Å². The minimum Gasteiger partial charge on any atom is -0.460 e. The zero-order valence-corrected chi connectivity index (χ0v) is 13.7. The molecule has 0 aliphatic heterocycles. The van der Waals surface area contributed by atoms with Crippen LogP contribution < -0.4 is 5.32 Å². The minimum absolute atomic E-state index is 0. The van der Waals surface area contributed by atoms with Crippen LogP contribution in [0.4, 0.5) is 4.39 Å². The van der Waals surface area contributed by atoms with Gasteiger partial charge in [-0.15, -0.1) is 12.4 Å². The molecule has 0 saturated carbocycles. The van der Waals surface area contributed by atoms with Gasteiger partial charge in [0.15, 0.2) is 0 Å². The number of aromatic nitrogens is 1. The third-order valence-electron chi connectivity index (χ3n) is 3.22. The summed E-state index contributed by atoms with van der Waals surface area (Å²) in [5.41, 5.74) is 1.87. The topological polar surface area (TPSA) is 38.1 Å². The molecule has 120 valence electrons. The van der Waals surface area contributed by atoms with E-state index >= 15 is 0 Å². The van der Waals surface area contributed by atoms with Crippen molar-refractivity contribution in [1.29, 1.82) is 0 Å². The second kappa shape index (κ2) is 8.11. The first-order valence-corrected chi connectivity index (χ1v) is 7.24. The number of nitrogens with one attached hydrogen (secondary N) is 1. The molecule has 0 amide bonds. The first-order chi connectivity index (χ1) is 10.7. The first kappa shape index (κ1) is 17.5. The summed E-state index contributed by atoms with van der Waals surface area (Å²) in [7, 11) is 0. The van der Waals surface area contributed by atoms with Crippen LogP contribution in [0.1, 0.15) is 11.3 Å². The zero-order chi connectivity index (χ0) is 15.4. The normalized spacial score (nSPS) is 10.3. The van der Waals surface area contributed by atoms with Crippen LogP contribution >= 0.6 is 24.0 Å². The third-order valence-corrected chi connectivity index (χ3v) is 3.51. The molecule has 2 heterocycles. The predicted molar refractivity (Wildman–Crippen MR) is 91.1 cm³/mol. The molecular formula is C17H15Cl2FN2O. The third kappa shape index (κ3) is 4.55. The van der Waals surface area contributed by atoms with E-state index in [2.05, 4.69) is 10.3 Å². The second-order valence-corrected chi connectivity index (χ2v) is 5.27. The summed E-state index contributed by atoms with van der Waals surface area (Å²) >= 11 is 5.79. The van der Waals surface area contributed by atoms with E-state index in [1.807, 2.05) is 30.5 Å². The SMILES string of the molecule is Cl.Fc1ccc(-c2ccc(CNCc3cccnc3)o2)cc1Cl. The lowest BCUT2D eigenvalue weighted by Gasteiger charge is -2.03. The number of nitrogens with zero attached hydrogens (tertiary/aromatic N) is 1. The van der Waals surface area contributed by atoms with Gasteiger partial charge in [0, 0.05) is 24.5 Å². The van der Waals surface area contributed by atoms with Gasteiger partial charge < -0.3 is 9.73 Å². The van der Waals surface area contributed by atoms with Gasteiger partial charge in [0.2, 0.25) is 0 Å². The van der Waals surface area contributed by atoms with Gasteiger partial charge in [-0.3, -0.25) is 4.98 Å². The van der Waals surface area contributed by atoms with E-state index in [9.17, 15) is 4.39 Å². The Morgan fingerprint density at radius 2 is 2.00 bits per heavy atom. The maximum absolute atomic E-state index is 13.2. The van der Waals surface area contributed by atoms with E-state index < -0.39 is 5.82 Å². The van der Waals surface area contributed by atoms with Gasteiger partial charge in [-0.25, -0.2) is 4.39 Å². The Bertz CT molecular complexity index is 762. The van der Waals surface area contributed by atoms with E-state index in [-0.39, 0.29) is 17.4 Å². The number of furan rings is 1. The van der Waals surface area contributed by atoms with Crippen molar-refractivity contribution in [2.75, 3.05) is 0 Å². The Labute approximate surface area is 144 Å². The molecule has 0 radical (unpaired) electrons. The van der Waals surface area contributed by atoms with Gasteiger partial charge in [0.05, 0.1) is 11.6 Å². The number of hydrogen-bond acceptors (Lipinski definition) is 3. The molecule has 1 aromatic carbocycles. The van der Waals surface area contributed by atoms with Crippen LogP contribution in [0.15, 0.2) is 59.3 Å². The van der Waals surface area contributed by atoms with Crippen LogP contribution in [0.5, 0.6) is 0 Å². The van der Waals surface area contributed by atoms with Crippen molar-refractivity contribution >= 4 is 24.0 Å². The van der Waals surface area contributed by atoms with Crippen molar-refractivity contribution in [2.45, 2.75) is 13.1 Å². The maximum Gasteiger partial charge on any atom is 0.141 e. The Kier molecular flexibility index (Phi) is 6.16. The van der Waals surface area contributed by atoms with Gasteiger partial charge in [-0.1, -0.05) is 17.7 Å². The molecule has 0 saturated heterocycles. The molecule has 3 rings (SSSR count). The monoisotopic (exact) mass is 352 g/mol. The fourth-order valence-electron chi connectivity index (χ4n) is 2.11. The Hall–Kier alpha value is -1.88. The van der Waals surface area contributed by atoms with Crippen molar-refractivity contribution in [3.63, 3.8) is 0 Å². The Morgan fingerprint density at radius 3 is 2.74 bits per heavy atom.